The van der Waals surface area contributed by atoms with Gasteiger partial charge in [0.2, 0.25) is 17.7 Å². The van der Waals surface area contributed by atoms with Crippen LogP contribution in [0.4, 0.5) is 4.39 Å². The van der Waals surface area contributed by atoms with Crippen molar-refractivity contribution in [3.63, 3.8) is 0 Å². The highest BCUT2D eigenvalue weighted by atomic mass is 19.1. The number of piperidine rings is 1. The normalized spacial score (nSPS) is 37.1. The molecule has 4 atom stereocenters. The number of carbonyl (C=O) groups is 3. The van der Waals surface area contributed by atoms with E-state index in [9.17, 15) is 23.9 Å². The van der Waals surface area contributed by atoms with Crippen LogP contribution in [0.3, 0.4) is 0 Å². The molecule has 3 N–H and O–H groups in total. The van der Waals surface area contributed by atoms with E-state index in [-0.39, 0.29) is 25.2 Å². The van der Waals surface area contributed by atoms with Crippen molar-refractivity contribution in [3.8, 4) is 0 Å². The second-order valence-corrected chi connectivity index (χ2v) is 4.36. The predicted octanol–water partition coefficient (Wildman–Crippen LogP) is -1.37. The largest absolute Gasteiger partial charge is 0.389 e. The van der Waals surface area contributed by atoms with Crippen LogP contribution in [0.2, 0.25) is 0 Å². The van der Waals surface area contributed by atoms with E-state index in [0.29, 0.717) is 0 Å². The Morgan fingerprint density at radius 3 is 2.71 bits per heavy atom. The second-order valence-electron chi connectivity index (χ2n) is 4.36. The Labute approximate surface area is 96.6 Å². The minimum absolute atomic E-state index is 0.0275. The molecule has 1 aliphatic heterocycles. The fraction of sp³-hybridized carbons (Fsp3) is 0.700. The number of rotatable bonds is 2. The number of alkyl halides is 1. The Kier molecular flexibility index (Phi) is 3.10. The number of halogens is 1. The van der Waals surface area contributed by atoms with Crippen molar-refractivity contribution in [3.05, 3.63) is 0 Å². The average Bonchev–Trinajstić information content (AvgIpc) is 2.29. The van der Waals surface area contributed by atoms with Crippen LogP contribution in [0.1, 0.15) is 19.3 Å². The van der Waals surface area contributed by atoms with Crippen molar-refractivity contribution >= 4 is 17.7 Å². The van der Waals surface area contributed by atoms with Crippen LogP contribution in [0, 0.1) is 5.92 Å². The first kappa shape index (κ1) is 12.0. The zero-order chi connectivity index (χ0) is 12.6. The first-order valence-corrected chi connectivity index (χ1v) is 5.45. The van der Waals surface area contributed by atoms with Crippen molar-refractivity contribution < 1.29 is 23.9 Å². The van der Waals surface area contributed by atoms with Gasteiger partial charge in [-0.15, -0.1) is 0 Å². The van der Waals surface area contributed by atoms with Gasteiger partial charge >= 0.3 is 0 Å². The Morgan fingerprint density at radius 1 is 1.47 bits per heavy atom. The van der Waals surface area contributed by atoms with E-state index >= 15 is 0 Å². The molecule has 0 spiro atoms. The average molecular weight is 244 g/mol. The Hall–Kier alpha value is -1.50. The van der Waals surface area contributed by atoms with E-state index < -0.39 is 36.0 Å². The van der Waals surface area contributed by atoms with Crippen molar-refractivity contribution in [1.29, 1.82) is 0 Å². The first-order chi connectivity index (χ1) is 7.99. The molecule has 0 aromatic rings. The molecule has 3 amide bonds. The molecule has 1 aliphatic carbocycles. The third kappa shape index (κ3) is 2.28. The number of aliphatic hydroxyl groups is 1. The fourth-order valence-corrected chi connectivity index (χ4v) is 1.95. The molecule has 3 unspecified atom stereocenters. The molecule has 7 heteroatoms. The molecular weight excluding hydrogens is 231 g/mol. The molecule has 17 heavy (non-hydrogen) atoms. The third-order valence-corrected chi connectivity index (χ3v) is 3.15. The van der Waals surface area contributed by atoms with E-state index in [0.717, 1.165) is 0 Å². The lowest BCUT2D eigenvalue weighted by atomic mass is 9.79. The maximum atomic E-state index is 12.7. The van der Waals surface area contributed by atoms with Crippen molar-refractivity contribution in [2.45, 2.75) is 37.6 Å². The van der Waals surface area contributed by atoms with Gasteiger partial charge in [0.15, 0.2) is 0 Å². The minimum atomic E-state index is -1.37. The van der Waals surface area contributed by atoms with E-state index in [1.807, 2.05) is 0 Å². The molecule has 0 aromatic heterocycles. The van der Waals surface area contributed by atoms with Crippen molar-refractivity contribution in [1.82, 2.24) is 10.6 Å². The molecule has 1 saturated heterocycles. The summed E-state index contributed by atoms with van der Waals surface area (Å²) in [4.78, 5) is 33.8. The topological polar surface area (TPSA) is 95.5 Å². The van der Waals surface area contributed by atoms with Gasteiger partial charge in [-0.3, -0.25) is 19.7 Å². The highest BCUT2D eigenvalue weighted by Gasteiger charge is 2.45. The van der Waals surface area contributed by atoms with Crippen LogP contribution in [0.15, 0.2) is 0 Å². The molecule has 6 nitrogen and oxygen atoms in total. The van der Waals surface area contributed by atoms with E-state index in [2.05, 4.69) is 10.6 Å². The summed E-state index contributed by atoms with van der Waals surface area (Å²) in [6.45, 7) is 0. The van der Waals surface area contributed by atoms with Gasteiger partial charge in [0.05, 0.1) is 12.0 Å². The van der Waals surface area contributed by atoms with Crippen LogP contribution in [0.25, 0.3) is 0 Å². The summed E-state index contributed by atoms with van der Waals surface area (Å²) in [6, 6.07) is -0.772. The predicted molar refractivity (Wildman–Crippen MR) is 53.3 cm³/mol. The first-order valence-electron chi connectivity index (χ1n) is 5.45. The Balaban J connectivity index is 1.87. The smallest absolute Gasteiger partial charge is 0.249 e. The van der Waals surface area contributed by atoms with Gasteiger partial charge in [-0.05, 0) is 12.8 Å². The number of imide groups is 1. The summed E-state index contributed by atoms with van der Waals surface area (Å²) in [5.41, 5.74) is 0. The van der Waals surface area contributed by atoms with Gasteiger partial charge in [-0.2, -0.15) is 0 Å². The fourth-order valence-electron chi connectivity index (χ4n) is 1.95. The summed E-state index contributed by atoms with van der Waals surface area (Å²) in [5.74, 6) is -2.26. The molecule has 2 aliphatic rings. The van der Waals surface area contributed by atoms with E-state index in [1.54, 1.807) is 0 Å². The van der Waals surface area contributed by atoms with Gasteiger partial charge in [-0.25, -0.2) is 4.39 Å². The molecule has 2 fully saturated rings. The van der Waals surface area contributed by atoms with Crippen molar-refractivity contribution in [2.24, 2.45) is 5.92 Å². The van der Waals surface area contributed by atoms with Gasteiger partial charge in [0, 0.05) is 6.42 Å². The standard InChI is InChI=1S/C10H13FN2O4/c11-5-3-4(8(5)15)9(16)12-6-1-2-7(14)13-10(6)17/h4-6,8,15H,1-3H2,(H,12,16)(H,13,14,17)/t4?,5-,6?,8?/m1/s1. The molecular formula is C10H13FN2O4. The van der Waals surface area contributed by atoms with Crippen LogP contribution in [-0.4, -0.2) is 41.1 Å². The maximum Gasteiger partial charge on any atom is 0.249 e. The number of aliphatic hydroxyl groups excluding tert-OH is 1. The lowest BCUT2D eigenvalue weighted by Crippen LogP contribution is -2.58. The molecule has 2 rings (SSSR count). The van der Waals surface area contributed by atoms with Gasteiger partial charge < -0.3 is 10.4 Å². The zero-order valence-corrected chi connectivity index (χ0v) is 8.98. The summed E-state index contributed by atoms with van der Waals surface area (Å²) in [6.07, 6.45) is -2.29. The lowest BCUT2D eigenvalue weighted by Gasteiger charge is -2.36. The number of nitrogens with one attached hydrogen (secondary N) is 2. The van der Waals surface area contributed by atoms with Gasteiger partial charge in [-0.1, -0.05) is 0 Å². The van der Waals surface area contributed by atoms with Crippen LogP contribution >= 0.6 is 0 Å². The SMILES string of the molecule is O=C1CCC(NC(=O)C2C[C@@H](F)C2O)C(=O)N1. The molecule has 94 valence electrons. The van der Waals surface area contributed by atoms with Crippen LogP contribution in [0.5, 0.6) is 0 Å². The summed E-state index contributed by atoms with van der Waals surface area (Å²) in [7, 11) is 0. The summed E-state index contributed by atoms with van der Waals surface area (Å²) < 4.78 is 12.7. The molecule has 1 saturated carbocycles. The quantitative estimate of drug-likeness (QED) is 0.522. The molecule has 0 radical (unpaired) electrons. The zero-order valence-electron chi connectivity index (χ0n) is 8.98. The molecule has 0 bridgehead atoms. The van der Waals surface area contributed by atoms with E-state index in [1.165, 1.54) is 0 Å². The minimum Gasteiger partial charge on any atom is -0.389 e. The van der Waals surface area contributed by atoms with E-state index in [4.69, 9.17) is 0 Å². The van der Waals surface area contributed by atoms with Crippen LogP contribution < -0.4 is 10.6 Å². The highest BCUT2D eigenvalue weighted by molar-refractivity contribution is 6.01. The number of hydrogen-bond acceptors (Lipinski definition) is 4. The summed E-state index contributed by atoms with van der Waals surface area (Å²) >= 11 is 0. The maximum absolute atomic E-state index is 12.7. The van der Waals surface area contributed by atoms with Crippen molar-refractivity contribution in [2.75, 3.05) is 0 Å². The second kappa shape index (κ2) is 4.40. The highest BCUT2D eigenvalue weighted by Crippen LogP contribution is 2.31. The molecule has 0 aromatic carbocycles. The van der Waals surface area contributed by atoms with Crippen LogP contribution in [-0.2, 0) is 14.4 Å². The number of amides is 3. The monoisotopic (exact) mass is 244 g/mol. The molecule has 1 heterocycles. The Morgan fingerprint density at radius 2 is 2.18 bits per heavy atom. The Bertz CT molecular complexity index is 373. The lowest BCUT2D eigenvalue weighted by molar-refractivity contribution is -0.146. The van der Waals surface area contributed by atoms with Gasteiger partial charge in [0.25, 0.3) is 0 Å². The summed E-state index contributed by atoms with van der Waals surface area (Å²) in [5, 5.41) is 13.7. The van der Waals surface area contributed by atoms with Gasteiger partial charge in [0.1, 0.15) is 12.2 Å². The number of hydrogen-bond donors (Lipinski definition) is 3. The number of carbonyl (C=O) groups excluding carboxylic acids is 3. The third-order valence-electron chi connectivity index (χ3n) is 3.15.